The third-order valence-corrected chi connectivity index (χ3v) is 3.20. The lowest BCUT2D eigenvalue weighted by Crippen LogP contribution is -2.14. The number of ether oxygens (including phenoxy) is 2. The molecule has 0 saturated heterocycles. The number of rotatable bonds is 10. The van der Waals surface area contributed by atoms with Crippen molar-refractivity contribution in [2.45, 2.75) is 46.0 Å². The summed E-state index contributed by atoms with van der Waals surface area (Å²) in [5.41, 5.74) is -0.380. The van der Waals surface area contributed by atoms with Crippen LogP contribution < -0.4 is 0 Å². The Balaban J connectivity index is 0.000000511. The number of carbonyl (C=O) groups excluding carboxylic acids is 2. The van der Waals surface area contributed by atoms with Crippen LogP contribution in [0.15, 0.2) is 24.3 Å². The van der Waals surface area contributed by atoms with E-state index in [2.05, 4.69) is 0 Å². The van der Waals surface area contributed by atoms with Gasteiger partial charge in [0.1, 0.15) is 6.42 Å². The molecule has 1 aromatic carbocycles. The van der Waals surface area contributed by atoms with E-state index in [1.54, 1.807) is 0 Å². The van der Waals surface area contributed by atoms with Gasteiger partial charge in [-0.15, -0.1) is 0 Å². The zero-order chi connectivity index (χ0) is 20.7. The van der Waals surface area contributed by atoms with Gasteiger partial charge in [0.25, 0.3) is 0 Å². The average molecular weight is 382 g/mol. The molecule has 0 radical (unpaired) electrons. The standard InChI is InChI=1S/C11H20O4.C8H6O4/c1-3-5-7-14-10(12)9-11(13)15-8-6-4-2;9-7(10)5-3-1-2-4-6(5)8(11)12/h3-9H2,1-2H3;1-4H,(H,9,10)(H,11,12). The second-order valence-corrected chi connectivity index (χ2v) is 5.48. The highest BCUT2D eigenvalue weighted by Crippen LogP contribution is 2.07. The average Bonchev–Trinajstić information content (AvgIpc) is 2.62. The zero-order valence-corrected chi connectivity index (χ0v) is 15.6. The maximum atomic E-state index is 11.0. The van der Waals surface area contributed by atoms with E-state index < -0.39 is 23.9 Å². The fourth-order valence-electron chi connectivity index (χ4n) is 1.74. The summed E-state index contributed by atoms with van der Waals surface area (Å²) >= 11 is 0. The van der Waals surface area contributed by atoms with Gasteiger partial charge in [0.05, 0.1) is 24.3 Å². The molecule has 0 fully saturated rings. The molecule has 0 heterocycles. The molecule has 0 saturated carbocycles. The van der Waals surface area contributed by atoms with Crippen LogP contribution >= 0.6 is 0 Å². The first-order chi connectivity index (χ1) is 12.8. The highest BCUT2D eigenvalue weighted by molar-refractivity contribution is 6.01. The molecule has 0 aliphatic rings. The number of esters is 2. The maximum absolute atomic E-state index is 11.0. The van der Waals surface area contributed by atoms with E-state index >= 15 is 0 Å². The summed E-state index contributed by atoms with van der Waals surface area (Å²) in [5.74, 6) is -3.45. The first-order valence-electron chi connectivity index (χ1n) is 8.70. The number of benzene rings is 1. The van der Waals surface area contributed by atoms with Gasteiger partial charge in [0, 0.05) is 0 Å². The third-order valence-electron chi connectivity index (χ3n) is 3.20. The summed E-state index contributed by atoms with van der Waals surface area (Å²) in [6, 6.07) is 5.48. The third kappa shape index (κ3) is 11.4. The van der Waals surface area contributed by atoms with Crippen molar-refractivity contribution < 1.29 is 38.9 Å². The molecule has 1 aromatic rings. The van der Waals surface area contributed by atoms with E-state index in [1.807, 2.05) is 13.8 Å². The number of unbranched alkanes of at least 4 members (excludes halogenated alkanes) is 2. The fraction of sp³-hybridized carbons (Fsp3) is 0.474. The number of aromatic carboxylic acids is 2. The second-order valence-electron chi connectivity index (χ2n) is 5.48. The molecule has 8 heteroatoms. The Hall–Kier alpha value is -2.90. The molecule has 0 aromatic heterocycles. The van der Waals surface area contributed by atoms with Gasteiger partial charge in [-0.25, -0.2) is 9.59 Å². The van der Waals surface area contributed by atoms with E-state index in [-0.39, 0.29) is 17.5 Å². The zero-order valence-electron chi connectivity index (χ0n) is 15.6. The van der Waals surface area contributed by atoms with Gasteiger partial charge in [-0.3, -0.25) is 9.59 Å². The maximum Gasteiger partial charge on any atom is 0.336 e. The van der Waals surface area contributed by atoms with Gasteiger partial charge in [-0.1, -0.05) is 38.8 Å². The second kappa shape index (κ2) is 14.3. The Morgan fingerprint density at radius 2 is 1.15 bits per heavy atom. The predicted octanol–water partition coefficient (Wildman–Crippen LogP) is 3.15. The smallest absolute Gasteiger partial charge is 0.336 e. The number of carboxylic acid groups (broad SMARTS) is 2. The van der Waals surface area contributed by atoms with Crippen molar-refractivity contribution in [3.63, 3.8) is 0 Å². The Bertz CT molecular complexity index is 571. The fourth-order valence-corrected chi connectivity index (χ4v) is 1.74. The van der Waals surface area contributed by atoms with Crippen LogP contribution in [-0.4, -0.2) is 47.3 Å². The summed E-state index contributed by atoms with van der Waals surface area (Å²) in [5, 5.41) is 17.1. The highest BCUT2D eigenvalue weighted by atomic mass is 16.6. The van der Waals surface area contributed by atoms with E-state index in [0.29, 0.717) is 13.2 Å². The molecule has 1 rings (SSSR count). The van der Waals surface area contributed by atoms with Crippen molar-refractivity contribution in [2.75, 3.05) is 13.2 Å². The van der Waals surface area contributed by atoms with Crippen LogP contribution in [0.2, 0.25) is 0 Å². The topological polar surface area (TPSA) is 127 Å². The lowest BCUT2D eigenvalue weighted by molar-refractivity contribution is -0.154. The molecule has 0 atom stereocenters. The van der Waals surface area contributed by atoms with Crippen LogP contribution in [0.4, 0.5) is 0 Å². The molecule has 8 nitrogen and oxygen atoms in total. The lowest BCUT2D eigenvalue weighted by Gasteiger charge is -2.04. The molecular weight excluding hydrogens is 356 g/mol. The largest absolute Gasteiger partial charge is 0.478 e. The Morgan fingerprint density at radius 3 is 1.44 bits per heavy atom. The van der Waals surface area contributed by atoms with Crippen molar-refractivity contribution in [1.82, 2.24) is 0 Å². The van der Waals surface area contributed by atoms with Gasteiger partial charge < -0.3 is 19.7 Å². The molecule has 0 aliphatic carbocycles. The van der Waals surface area contributed by atoms with Gasteiger partial charge in [0.15, 0.2) is 0 Å². The summed E-state index contributed by atoms with van der Waals surface area (Å²) in [4.78, 5) is 43.0. The quantitative estimate of drug-likeness (QED) is 0.359. The summed E-state index contributed by atoms with van der Waals surface area (Å²) < 4.78 is 9.64. The minimum Gasteiger partial charge on any atom is -0.478 e. The summed E-state index contributed by atoms with van der Waals surface area (Å²) in [6.45, 7) is 4.79. The predicted molar refractivity (Wildman–Crippen MR) is 96.7 cm³/mol. The van der Waals surface area contributed by atoms with Crippen molar-refractivity contribution in [2.24, 2.45) is 0 Å². The SMILES string of the molecule is CCCCOC(=O)CC(=O)OCCCC.O=C(O)c1ccccc1C(=O)O. The minimum atomic E-state index is -1.23. The van der Waals surface area contributed by atoms with Crippen molar-refractivity contribution in [3.8, 4) is 0 Å². The van der Waals surface area contributed by atoms with Crippen molar-refractivity contribution in [1.29, 1.82) is 0 Å². The monoisotopic (exact) mass is 382 g/mol. The molecule has 0 unspecified atom stereocenters. The van der Waals surface area contributed by atoms with Gasteiger partial charge >= 0.3 is 23.9 Å². The van der Waals surface area contributed by atoms with E-state index in [4.69, 9.17) is 19.7 Å². The molecule has 0 bridgehead atoms. The van der Waals surface area contributed by atoms with E-state index in [0.717, 1.165) is 25.7 Å². The van der Waals surface area contributed by atoms with E-state index in [1.165, 1.54) is 24.3 Å². The molecule has 0 amide bonds. The number of carboxylic acids is 2. The van der Waals surface area contributed by atoms with Gasteiger partial charge in [-0.05, 0) is 25.0 Å². The van der Waals surface area contributed by atoms with Crippen LogP contribution in [0.5, 0.6) is 0 Å². The lowest BCUT2D eigenvalue weighted by atomic mass is 10.1. The highest BCUT2D eigenvalue weighted by Gasteiger charge is 2.13. The van der Waals surface area contributed by atoms with Crippen LogP contribution in [-0.2, 0) is 19.1 Å². The number of hydrogen-bond donors (Lipinski definition) is 2. The molecular formula is C19H26O8. The number of hydrogen-bond acceptors (Lipinski definition) is 6. The van der Waals surface area contributed by atoms with Crippen molar-refractivity contribution >= 4 is 23.9 Å². The summed E-state index contributed by atoms with van der Waals surface area (Å²) in [6.07, 6.45) is 3.32. The first kappa shape index (κ1) is 24.1. The van der Waals surface area contributed by atoms with Crippen LogP contribution in [0.1, 0.15) is 66.7 Å². The van der Waals surface area contributed by atoms with E-state index in [9.17, 15) is 19.2 Å². The molecule has 27 heavy (non-hydrogen) atoms. The minimum absolute atomic E-state index is 0.190. The van der Waals surface area contributed by atoms with Crippen LogP contribution in [0, 0.1) is 0 Å². The van der Waals surface area contributed by atoms with Crippen molar-refractivity contribution in [3.05, 3.63) is 35.4 Å². The van der Waals surface area contributed by atoms with Crippen LogP contribution in [0.25, 0.3) is 0 Å². The molecule has 2 N–H and O–H groups in total. The first-order valence-corrected chi connectivity index (χ1v) is 8.70. The Morgan fingerprint density at radius 1 is 0.778 bits per heavy atom. The Labute approximate surface area is 158 Å². The van der Waals surface area contributed by atoms with Crippen LogP contribution in [0.3, 0.4) is 0 Å². The Kier molecular flexibility index (Phi) is 12.8. The molecule has 0 spiro atoms. The van der Waals surface area contributed by atoms with Gasteiger partial charge in [0.2, 0.25) is 0 Å². The number of carbonyl (C=O) groups is 4. The normalized spacial score (nSPS) is 9.56. The van der Waals surface area contributed by atoms with Gasteiger partial charge in [-0.2, -0.15) is 0 Å². The summed E-state index contributed by atoms with van der Waals surface area (Å²) in [7, 11) is 0. The molecule has 0 aliphatic heterocycles. The molecule has 150 valence electrons.